The van der Waals surface area contributed by atoms with Crippen molar-refractivity contribution in [2.75, 3.05) is 5.88 Å². The lowest BCUT2D eigenvalue weighted by molar-refractivity contribution is -0.108. The summed E-state index contributed by atoms with van der Waals surface area (Å²) in [7, 11) is 0. The van der Waals surface area contributed by atoms with E-state index < -0.39 is 5.24 Å². The normalized spacial score (nSPS) is 11.9. The Hall–Kier alpha value is -1.19. The molecule has 0 N–H and O–H groups in total. The van der Waals surface area contributed by atoms with Gasteiger partial charge in [-0.05, 0) is 30.2 Å². The van der Waals surface area contributed by atoms with Gasteiger partial charge in [-0.1, -0.05) is 12.1 Å². The maximum Gasteiger partial charge on any atom is 0.252 e. The number of carbonyl (C=O) groups excluding carboxylic acids is 3. The lowest BCUT2D eigenvalue weighted by Gasteiger charge is -2.11. The van der Waals surface area contributed by atoms with Gasteiger partial charge in [-0.25, -0.2) is 0 Å². The maximum atomic E-state index is 12.0. The first kappa shape index (κ1) is 14.9. The molecule has 0 bridgehead atoms. The Balaban J connectivity index is 2.81. The number of Topliss-reactive ketones (excluding diaryl/α,β-unsaturated/α-hetero) is 1. The first-order chi connectivity index (χ1) is 8.60. The van der Waals surface area contributed by atoms with Crippen molar-refractivity contribution >= 4 is 40.5 Å². The smallest absolute Gasteiger partial charge is 0.252 e. The number of benzene rings is 1. The minimum atomic E-state index is -0.566. The van der Waals surface area contributed by atoms with Crippen molar-refractivity contribution in [1.82, 2.24) is 0 Å². The highest BCUT2D eigenvalue weighted by atomic mass is 35.5. The highest BCUT2D eigenvalue weighted by molar-refractivity contribution is 6.67. The second kappa shape index (κ2) is 7.29. The second-order valence-corrected chi connectivity index (χ2v) is 4.46. The average molecular weight is 287 g/mol. The molecule has 0 aliphatic heterocycles. The van der Waals surface area contributed by atoms with Crippen molar-refractivity contribution in [2.24, 2.45) is 5.92 Å². The van der Waals surface area contributed by atoms with Crippen molar-refractivity contribution in [3.05, 3.63) is 35.4 Å². The van der Waals surface area contributed by atoms with E-state index in [1.807, 2.05) is 0 Å². The van der Waals surface area contributed by atoms with E-state index in [1.165, 1.54) is 12.1 Å². The fourth-order valence-corrected chi connectivity index (χ4v) is 1.97. The van der Waals surface area contributed by atoms with Crippen LogP contribution < -0.4 is 0 Å². The molecule has 18 heavy (non-hydrogen) atoms. The third kappa shape index (κ3) is 3.93. The molecule has 1 rings (SSSR count). The van der Waals surface area contributed by atoms with Crippen molar-refractivity contribution < 1.29 is 14.4 Å². The van der Waals surface area contributed by atoms with Crippen LogP contribution in [0.3, 0.4) is 0 Å². The number of hydrogen-bond acceptors (Lipinski definition) is 3. The molecule has 0 spiro atoms. The van der Waals surface area contributed by atoms with Gasteiger partial charge in [-0.2, -0.15) is 0 Å². The second-order valence-electron chi connectivity index (χ2n) is 3.81. The Morgan fingerprint density at radius 2 is 1.72 bits per heavy atom. The number of hydrogen-bond donors (Lipinski definition) is 0. The van der Waals surface area contributed by atoms with Crippen LogP contribution in [0.2, 0.25) is 0 Å². The van der Waals surface area contributed by atoms with Gasteiger partial charge >= 0.3 is 0 Å². The van der Waals surface area contributed by atoms with Gasteiger partial charge < -0.3 is 4.79 Å². The summed E-state index contributed by atoms with van der Waals surface area (Å²) >= 11 is 11.0. The Morgan fingerprint density at radius 3 is 2.17 bits per heavy atom. The molecule has 1 aromatic rings. The third-order valence-electron chi connectivity index (χ3n) is 2.59. The Labute approximate surface area is 115 Å². The number of alkyl halides is 1. The molecule has 0 saturated carbocycles. The van der Waals surface area contributed by atoms with Crippen molar-refractivity contribution in [2.45, 2.75) is 12.8 Å². The maximum absolute atomic E-state index is 12.0. The van der Waals surface area contributed by atoms with Gasteiger partial charge in [0, 0.05) is 29.3 Å². The fourth-order valence-electron chi connectivity index (χ4n) is 1.55. The summed E-state index contributed by atoms with van der Waals surface area (Å²) in [6.07, 6.45) is 1.51. The van der Waals surface area contributed by atoms with Gasteiger partial charge in [0.25, 0.3) is 5.24 Å². The molecule has 0 amide bonds. The number of ketones is 1. The molecule has 0 fully saturated rings. The Bertz CT molecular complexity index is 440. The standard InChI is InChI=1S/C13H12Cl2O3/c14-8-11(2-1-7-16)12(17)9-3-5-10(6-4-9)13(15)18/h3-7,11H,1-2,8H2. The van der Waals surface area contributed by atoms with Crippen LogP contribution in [-0.2, 0) is 4.79 Å². The van der Waals surface area contributed by atoms with Crippen LogP contribution in [0.25, 0.3) is 0 Å². The molecule has 0 aromatic heterocycles. The summed E-state index contributed by atoms with van der Waals surface area (Å²) in [5, 5.41) is -0.566. The van der Waals surface area contributed by atoms with Gasteiger partial charge in [0.2, 0.25) is 0 Å². The minimum absolute atomic E-state index is 0.125. The summed E-state index contributed by atoms with van der Waals surface area (Å²) in [5.41, 5.74) is 0.803. The largest absolute Gasteiger partial charge is 0.303 e. The Morgan fingerprint density at radius 1 is 1.17 bits per heavy atom. The molecular weight excluding hydrogens is 275 g/mol. The first-order valence-electron chi connectivity index (χ1n) is 5.43. The lowest BCUT2D eigenvalue weighted by Crippen LogP contribution is -2.16. The quantitative estimate of drug-likeness (QED) is 0.335. The highest BCUT2D eigenvalue weighted by Crippen LogP contribution is 2.17. The van der Waals surface area contributed by atoms with Crippen LogP contribution in [0.15, 0.2) is 24.3 Å². The first-order valence-corrected chi connectivity index (χ1v) is 6.35. The molecule has 1 atom stereocenters. The van der Waals surface area contributed by atoms with E-state index in [-0.39, 0.29) is 17.6 Å². The summed E-state index contributed by atoms with van der Waals surface area (Å²) in [6.45, 7) is 0. The molecule has 0 aliphatic rings. The van der Waals surface area contributed by atoms with Crippen molar-refractivity contribution in [1.29, 1.82) is 0 Å². The molecular formula is C13H12Cl2O3. The molecule has 3 nitrogen and oxygen atoms in total. The van der Waals surface area contributed by atoms with E-state index in [4.69, 9.17) is 23.2 Å². The molecule has 0 saturated heterocycles. The van der Waals surface area contributed by atoms with Crippen molar-refractivity contribution in [3.63, 3.8) is 0 Å². The summed E-state index contributed by atoms with van der Waals surface area (Å²) in [5.74, 6) is -0.335. The zero-order valence-electron chi connectivity index (χ0n) is 9.57. The predicted octanol–water partition coefficient (Wildman–Crippen LogP) is 3.08. The van der Waals surface area contributed by atoms with Gasteiger partial charge in [-0.3, -0.25) is 9.59 Å². The predicted molar refractivity (Wildman–Crippen MR) is 70.5 cm³/mol. The Kier molecular flexibility index (Phi) is 6.02. The minimum Gasteiger partial charge on any atom is -0.303 e. The van der Waals surface area contributed by atoms with E-state index in [0.717, 1.165) is 6.29 Å². The zero-order chi connectivity index (χ0) is 13.5. The number of rotatable bonds is 7. The van der Waals surface area contributed by atoms with Crippen LogP contribution in [0.5, 0.6) is 0 Å². The van der Waals surface area contributed by atoms with E-state index in [0.29, 0.717) is 24.0 Å². The number of carbonyl (C=O) groups is 3. The summed E-state index contributed by atoms with van der Waals surface area (Å²) < 4.78 is 0. The summed E-state index contributed by atoms with van der Waals surface area (Å²) in [4.78, 5) is 33.2. The van der Waals surface area contributed by atoms with E-state index in [2.05, 4.69) is 0 Å². The third-order valence-corrected chi connectivity index (χ3v) is 3.18. The van der Waals surface area contributed by atoms with E-state index in [1.54, 1.807) is 12.1 Å². The molecule has 1 aromatic carbocycles. The van der Waals surface area contributed by atoms with Gasteiger partial charge in [0.05, 0.1) is 0 Å². The molecule has 0 heterocycles. The van der Waals surface area contributed by atoms with E-state index in [9.17, 15) is 14.4 Å². The SMILES string of the molecule is O=CCCC(CCl)C(=O)c1ccc(C(=O)Cl)cc1. The fraction of sp³-hybridized carbons (Fsp3) is 0.308. The van der Waals surface area contributed by atoms with Crippen molar-refractivity contribution in [3.8, 4) is 0 Å². The van der Waals surface area contributed by atoms with Crippen LogP contribution in [0.1, 0.15) is 33.6 Å². The topological polar surface area (TPSA) is 51.2 Å². The average Bonchev–Trinajstić information content (AvgIpc) is 2.39. The lowest BCUT2D eigenvalue weighted by atomic mass is 9.94. The van der Waals surface area contributed by atoms with Gasteiger partial charge in [0.1, 0.15) is 6.29 Å². The summed E-state index contributed by atoms with van der Waals surface area (Å²) in [6, 6.07) is 6.07. The molecule has 0 radical (unpaired) electrons. The van der Waals surface area contributed by atoms with Crippen LogP contribution in [-0.4, -0.2) is 23.2 Å². The van der Waals surface area contributed by atoms with Crippen LogP contribution in [0.4, 0.5) is 0 Å². The number of aldehydes is 1. The van der Waals surface area contributed by atoms with E-state index >= 15 is 0 Å². The molecule has 5 heteroatoms. The molecule has 96 valence electrons. The number of halogens is 2. The van der Waals surface area contributed by atoms with Crippen LogP contribution >= 0.6 is 23.2 Å². The van der Waals surface area contributed by atoms with Gasteiger partial charge in [0.15, 0.2) is 5.78 Å². The highest BCUT2D eigenvalue weighted by Gasteiger charge is 2.18. The molecule has 1 unspecified atom stereocenters. The molecule has 0 aliphatic carbocycles. The van der Waals surface area contributed by atoms with Crippen LogP contribution in [0, 0.1) is 5.92 Å². The van der Waals surface area contributed by atoms with Gasteiger partial charge in [-0.15, -0.1) is 11.6 Å². The zero-order valence-corrected chi connectivity index (χ0v) is 11.1. The monoisotopic (exact) mass is 286 g/mol.